The molecule has 1 aromatic heterocycles. The summed E-state index contributed by atoms with van der Waals surface area (Å²) in [5.74, 6) is 0.479. The molecule has 0 aliphatic heterocycles. The Morgan fingerprint density at radius 2 is 2.10 bits per heavy atom. The van der Waals surface area contributed by atoms with Gasteiger partial charge in [-0.1, -0.05) is 0 Å². The lowest BCUT2D eigenvalue weighted by molar-refractivity contribution is 0.0951. The number of nitrogen functional groups attached to an aromatic ring is 1. The van der Waals surface area contributed by atoms with E-state index in [9.17, 15) is 4.79 Å². The Balaban J connectivity index is 2.01. The molecule has 3 N–H and O–H groups in total. The van der Waals surface area contributed by atoms with Crippen molar-refractivity contribution in [2.75, 3.05) is 12.3 Å². The van der Waals surface area contributed by atoms with Crippen molar-refractivity contribution in [1.29, 1.82) is 0 Å². The molecule has 1 heterocycles. The van der Waals surface area contributed by atoms with E-state index in [0.717, 1.165) is 4.88 Å². The summed E-state index contributed by atoms with van der Waals surface area (Å²) in [6.07, 6.45) is 0. The molecular weight excluding hydrogens is 284 g/mol. The summed E-state index contributed by atoms with van der Waals surface area (Å²) in [5.41, 5.74) is 8.15. The molecule has 0 unspecified atom stereocenters. The fourth-order valence-electron chi connectivity index (χ4n) is 1.98. The summed E-state index contributed by atoms with van der Waals surface area (Å²) in [6.45, 7) is 7.13. The molecule has 5 heteroatoms. The third kappa shape index (κ3) is 3.76. The number of nitrogens with two attached hydrogens (primary N) is 1. The van der Waals surface area contributed by atoms with Crippen molar-refractivity contribution in [2.24, 2.45) is 0 Å². The lowest BCUT2D eigenvalue weighted by Crippen LogP contribution is -2.22. The van der Waals surface area contributed by atoms with Gasteiger partial charge in [-0.2, -0.15) is 0 Å². The second-order valence-corrected chi connectivity index (χ2v) is 6.16. The van der Waals surface area contributed by atoms with Crippen molar-refractivity contribution in [3.8, 4) is 5.75 Å². The zero-order valence-corrected chi connectivity index (χ0v) is 13.3. The number of hydrogen-bond acceptors (Lipinski definition) is 4. The fourth-order valence-corrected chi connectivity index (χ4v) is 2.98. The summed E-state index contributed by atoms with van der Waals surface area (Å²) in [6, 6.07) is 7.20. The maximum atomic E-state index is 12.1. The number of thiophene rings is 1. The van der Waals surface area contributed by atoms with E-state index >= 15 is 0 Å². The van der Waals surface area contributed by atoms with Crippen LogP contribution >= 0.6 is 11.3 Å². The average Bonchev–Trinajstić information content (AvgIpc) is 2.77. The van der Waals surface area contributed by atoms with Crippen LogP contribution in [0, 0.1) is 13.8 Å². The van der Waals surface area contributed by atoms with Crippen LogP contribution in [0.1, 0.15) is 32.6 Å². The minimum Gasteiger partial charge on any atom is -0.492 e. The minimum absolute atomic E-state index is 0.131. The first kappa shape index (κ1) is 15.4. The van der Waals surface area contributed by atoms with Gasteiger partial charge >= 0.3 is 0 Å². The maximum absolute atomic E-state index is 12.1. The van der Waals surface area contributed by atoms with Crippen molar-refractivity contribution >= 4 is 22.9 Å². The highest BCUT2D eigenvalue weighted by Crippen LogP contribution is 2.23. The molecule has 2 aromatic rings. The number of benzene rings is 1. The van der Waals surface area contributed by atoms with Crippen LogP contribution in [0.2, 0.25) is 0 Å². The van der Waals surface area contributed by atoms with Gasteiger partial charge in [0.15, 0.2) is 0 Å². The lowest BCUT2D eigenvalue weighted by Gasteiger charge is -2.09. The molecule has 0 spiro atoms. The van der Waals surface area contributed by atoms with E-state index in [1.807, 2.05) is 6.92 Å². The molecule has 21 heavy (non-hydrogen) atoms. The minimum atomic E-state index is -0.131. The van der Waals surface area contributed by atoms with E-state index in [-0.39, 0.29) is 5.91 Å². The normalized spacial score (nSPS) is 10.4. The number of hydrogen-bond donors (Lipinski definition) is 2. The van der Waals surface area contributed by atoms with Crippen LogP contribution in [-0.4, -0.2) is 12.5 Å². The monoisotopic (exact) mass is 304 g/mol. The van der Waals surface area contributed by atoms with Crippen LogP contribution in [0.4, 0.5) is 5.69 Å². The van der Waals surface area contributed by atoms with Crippen LogP contribution in [0.15, 0.2) is 24.3 Å². The van der Waals surface area contributed by atoms with E-state index < -0.39 is 0 Å². The third-order valence-electron chi connectivity index (χ3n) is 3.21. The Morgan fingerprint density at radius 1 is 1.33 bits per heavy atom. The van der Waals surface area contributed by atoms with Crippen LogP contribution in [0.3, 0.4) is 0 Å². The van der Waals surface area contributed by atoms with E-state index in [1.165, 1.54) is 10.4 Å². The van der Waals surface area contributed by atoms with Crippen LogP contribution in [0.5, 0.6) is 5.75 Å². The van der Waals surface area contributed by atoms with Gasteiger partial charge in [0, 0.05) is 15.3 Å². The molecule has 4 nitrogen and oxygen atoms in total. The second kappa shape index (κ2) is 6.63. The van der Waals surface area contributed by atoms with Gasteiger partial charge in [0.1, 0.15) is 5.75 Å². The van der Waals surface area contributed by atoms with Gasteiger partial charge in [-0.25, -0.2) is 0 Å². The van der Waals surface area contributed by atoms with E-state index in [1.54, 1.807) is 29.5 Å². The first-order valence-corrected chi connectivity index (χ1v) is 7.69. The zero-order chi connectivity index (χ0) is 15.4. The molecule has 0 atom stereocenters. The van der Waals surface area contributed by atoms with Crippen molar-refractivity contribution in [2.45, 2.75) is 27.3 Å². The number of anilines is 1. The van der Waals surface area contributed by atoms with E-state index in [2.05, 4.69) is 25.2 Å². The highest BCUT2D eigenvalue weighted by atomic mass is 32.1. The Kier molecular flexibility index (Phi) is 4.85. The number of aryl methyl sites for hydroxylation is 2. The van der Waals surface area contributed by atoms with Crippen molar-refractivity contribution < 1.29 is 9.53 Å². The van der Waals surface area contributed by atoms with Crippen molar-refractivity contribution in [3.63, 3.8) is 0 Å². The van der Waals surface area contributed by atoms with Crippen molar-refractivity contribution in [1.82, 2.24) is 5.32 Å². The van der Waals surface area contributed by atoms with Gasteiger partial charge in [0.25, 0.3) is 5.91 Å². The molecule has 0 saturated heterocycles. The third-order valence-corrected chi connectivity index (χ3v) is 4.36. The summed E-state index contributed by atoms with van der Waals surface area (Å²) in [7, 11) is 0. The Labute approximate surface area is 128 Å². The predicted molar refractivity (Wildman–Crippen MR) is 87.0 cm³/mol. The predicted octanol–water partition coefficient (Wildman–Crippen LogP) is 3.28. The largest absolute Gasteiger partial charge is 0.492 e. The van der Waals surface area contributed by atoms with Gasteiger partial charge < -0.3 is 15.8 Å². The highest BCUT2D eigenvalue weighted by Gasteiger charge is 2.09. The van der Waals surface area contributed by atoms with Gasteiger partial charge in [-0.3, -0.25) is 4.79 Å². The van der Waals surface area contributed by atoms with Gasteiger partial charge in [-0.05, 0) is 50.6 Å². The Bertz CT molecular complexity index is 630. The van der Waals surface area contributed by atoms with Gasteiger partial charge in [-0.15, -0.1) is 11.3 Å². The number of ether oxygens (including phenoxy) is 1. The average molecular weight is 304 g/mol. The zero-order valence-electron chi connectivity index (χ0n) is 12.5. The lowest BCUT2D eigenvalue weighted by atomic mass is 10.1. The smallest absolute Gasteiger partial charge is 0.251 e. The van der Waals surface area contributed by atoms with Gasteiger partial charge in [0.05, 0.1) is 18.8 Å². The van der Waals surface area contributed by atoms with Crippen LogP contribution in [0.25, 0.3) is 0 Å². The summed E-state index contributed by atoms with van der Waals surface area (Å²) < 4.78 is 5.36. The molecular formula is C16H20N2O2S. The standard InChI is InChI=1S/C16H20N2O2S/c1-4-20-15-6-5-12(8-14(15)17)16(19)18-9-13-7-10(2)11(3)21-13/h5-8H,4,9,17H2,1-3H3,(H,18,19). The molecule has 2 rings (SSSR count). The second-order valence-electron chi connectivity index (χ2n) is 4.82. The topological polar surface area (TPSA) is 64.3 Å². The summed E-state index contributed by atoms with van der Waals surface area (Å²) >= 11 is 1.70. The summed E-state index contributed by atoms with van der Waals surface area (Å²) in [5, 5.41) is 2.91. The summed E-state index contributed by atoms with van der Waals surface area (Å²) in [4.78, 5) is 14.6. The first-order valence-electron chi connectivity index (χ1n) is 6.87. The SMILES string of the molecule is CCOc1ccc(C(=O)NCc2cc(C)c(C)s2)cc1N. The number of nitrogens with one attached hydrogen (secondary N) is 1. The molecule has 0 saturated carbocycles. The Hall–Kier alpha value is -2.01. The number of carbonyl (C=O) groups is 1. The number of carbonyl (C=O) groups excluding carboxylic acids is 1. The van der Waals surface area contributed by atoms with Crippen molar-refractivity contribution in [3.05, 3.63) is 45.1 Å². The van der Waals surface area contributed by atoms with Crippen LogP contribution < -0.4 is 15.8 Å². The van der Waals surface area contributed by atoms with Gasteiger partial charge in [0.2, 0.25) is 0 Å². The molecule has 112 valence electrons. The number of amides is 1. The molecule has 0 aliphatic carbocycles. The quantitative estimate of drug-likeness (QED) is 0.833. The van der Waals surface area contributed by atoms with E-state index in [4.69, 9.17) is 10.5 Å². The molecule has 0 bridgehead atoms. The number of rotatable bonds is 5. The first-order chi connectivity index (χ1) is 10.0. The maximum Gasteiger partial charge on any atom is 0.251 e. The fraction of sp³-hybridized carbons (Fsp3) is 0.312. The van der Waals surface area contributed by atoms with Crippen LogP contribution in [-0.2, 0) is 6.54 Å². The molecule has 1 aromatic carbocycles. The molecule has 0 radical (unpaired) electrons. The highest BCUT2D eigenvalue weighted by molar-refractivity contribution is 7.12. The Morgan fingerprint density at radius 3 is 2.67 bits per heavy atom. The van der Waals surface area contributed by atoms with E-state index in [0.29, 0.717) is 30.2 Å². The molecule has 0 aliphatic rings. The molecule has 0 fully saturated rings. The molecule has 1 amide bonds.